The minimum absolute atomic E-state index is 0. The van der Waals surface area contributed by atoms with Crippen LogP contribution in [0.3, 0.4) is 0 Å². The maximum Gasteiger partial charge on any atom is 0.162 e. The third-order valence-corrected chi connectivity index (χ3v) is 2.30. The van der Waals surface area contributed by atoms with Gasteiger partial charge < -0.3 is 20.6 Å². The van der Waals surface area contributed by atoms with Gasteiger partial charge in [-0.2, -0.15) is 0 Å². The van der Waals surface area contributed by atoms with Crippen molar-refractivity contribution in [3.63, 3.8) is 0 Å². The predicted octanol–water partition coefficient (Wildman–Crippen LogP) is 0.656. The predicted molar refractivity (Wildman–Crippen MR) is 53.7 cm³/mol. The highest BCUT2D eigenvalue weighted by Gasteiger charge is 2.21. The number of nitrogens with one attached hydrogen (secondary N) is 1. The summed E-state index contributed by atoms with van der Waals surface area (Å²) < 4.78 is 0. The highest BCUT2D eigenvalue weighted by molar-refractivity contribution is 5.85. The molecule has 1 aromatic rings. The molecular formula is C9H12ClNO3. The van der Waals surface area contributed by atoms with Gasteiger partial charge in [-0.15, -0.1) is 12.4 Å². The number of fused-ring (bicyclic) bond motifs is 1. The van der Waals surface area contributed by atoms with E-state index in [-0.39, 0.29) is 23.9 Å². The number of β-amino-alcohol motifs (C(OH)–C–C–N with tert-alkyl or cyclic N) is 1. The molecule has 0 bridgehead atoms. The molecule has 5 heteroatoms. The molecule has 0 saturated carbocycles. The lowest BCUT2D eigenvalue weighted by Gasteiger charge is -2.23. The fraction of sp³-hybridized carbons (Fsp3) is 0.333. The van der Waals surface area contributed by atoms with E-state index >= 15 is 0 Å². The lowest BCUT2D eigenvalue weighted by Crippen LogP contribution is -2.27. The van der Waals surface area contributed by atoms with E-state index in [9.17, 15) is 15.3 Å². The van der Waals surface area contributed by atoms with Gasteiger partial charge in [-0.05, 0) is 11.6 Å². The number of aliphatic hydroxyl groups is 1. The summed E-state index contributed by atoms with van der Waals surface area (Å²) in [5.41, 5.74) is 1.27. The van der Waals surface area contributed by atoms with Crippen LogP contribution in [0.5, 0.6) is 11.5 Å². The number of hydrogen-bond donors (Lipinski definition) is 4. The van der Waals surface area contributed by atoms with Crippen LogP contribution in [0.15, 0.2) is 12.1 Å². The Balaban J connectivity index is 0.000000980. The summed E-state index contributed by atoms with van der Waals surface area (Å²) >= 11 is 0. The highest BCUT2D eigenvalue weighted by Crippen LogP contribution is 2.35. The van der Waals surface area contributed by atoms with Crippen molar-refractivity contribution in [1.29, 1.82) is 0 Å². The van der Waals surface area contributed by atoms with Gasteiger partial charge >= 0.3 is 0 Å². The maximum absolute atomic E-state index is 9.52. The Labute approximate surface area is 87.6 Å². The highest BCUT2D eigenvalue weighted by atomic mass is 35.5. The van der Waals surface area contributed by atoms with Crippen LogP contribution >= 0.6 is 12.4 Å². The van der Waals surface area contributed by atoms with E-state index in [1.54, 1.807) is 6.07 Å². The van der Waals surface area contributed by atoms with Crippen LogP contribution in [0.25, 0.3) is 0 Å². The van der Waals surface area contributed by atoms with E-state index in [4.69, 9.17) is 0 Å². The minimum atomic E-state index is -0.602. The van der Waals surface area contributed by atoms with Gasteiger partial charge in [0.15, 0.2) is 11.5 Å². The molecule has 4 nitrogen and oxygen atoms in total. The van der Waals surface area contributed by atoms with Crippen LogP contribution in [-0.4, -0.2) is 21.9 Å². The molecule has 0 radical (unpaired) electrons. The molecule has 4 N–H and O–H groups in total. The van der Waals surface area contributed by atoms with Gasteiger partial charge in [-0.1, -0.05) is 6.07 Å². The zero-order valence-corrected chi connectivity index (χ0v) is 8.21. The van der Waals surface area contributed by atoms with Crippen molar-refractivity contribution in [2.24, 2.45) is 0 Å². The summed E-state index contributed by atoms with van der Waals surface area (Å²) in [4.78, 5) is 0. The van der Waals surface area contributed by atoms with Crippen molar-refractivity contribution in [3.8, 4) is 11.5 Å². The topological polar surface area (TPSA) is 72.7 Å². The number of aromatic hydroxyl groups is 2. The average Bonchev–Trinajstić information content (AvgIpc) is 2.12. The summed E-state index contributed by atoms with van der Waals surface area (Å²) in [6.45, 7) is 0.962. The molecule has 0 aliphatic carbocycles. The molecule has 78 valence electrons. The van der Waals surface area contributed by atoms with Crippen LogP contribution in [0.2, 0.25) is 0 Å². The number of phenols is 2. The zero-order chi connectivity index (χ0) is 9.42. The molecule has 1 atom stereocenters. The minimum Gasteiger partial charge on any atom is -0.504 e. The molecular weight excluding hydrogens is 206 g/mol. The van der Waals surface area contributed by atoms with Gasteiger partial charge in [0.05, 0.1) is 6.10 Å². The first-order valence-electron chi connectivity index (χ1n) is 4.12. The van der Waals surface area contributed by atoms with E-state index < -0.39 is 6.10 Å². The summed E-state index contributed by atoms with van der Waals surface area (Å²) in [5.74, 6) is -0.279. The number of benzene rings is 1. The van der Waals surface area contributed by atoms with Crippen molar-refractivity contribution in [2.45, 2.75) is 12.6 Å². The average molecular weight is 218 g/mol. The smallest absolute Gasteiger partial charge is 0.162 e. The lowest BCUT2D eigenvalue weighted by atomic mass is 9.97. The van der Waals surface area contributed by atoms with Crippen molar-refractivity contribution in [2.75, 3.05) is 6.54 Å². The van der Waals surface area contributed by atoms with E-state index in [0.717, 1.165) is 0 Å². The van der Waals surface area contributed by atoms with E-state index in [1.807, 2.05) is 0 Å². The third-order valence-electron chi connectivity index (χ3n) is 2.30. The Bertz CT molecular complexity index is 343. The first-order valence-corrected chi connectivity index (χ1v) is 4.12. The molecule has 0 spiro atoms. The number of rotatable bonds is 0. The van der Waals surface area contributed by atoms with Gasteiger partial charge in [0, 0.05) is 18.7 Å². The standard InChI is InChI=1S/C9H11NO3.ClH/c11-7-2-1-5-6(9(7)13)3-10-4-8(5)12;/h1-2,8,10-13H,3-4H2;1H. The van der Waals surface area contributed by atoms with Crippen molar-refractivity contribution < 1.29 is 15.3 Å². The van der Waals surface area contributed by atoms with Crippen LogP contribution in [-0.2, 0) is 6.54 Å². The second kappa shape index (κ2) is 4.04. The second-order valence-corrected chi connectivity index (χ2v) is 3.15. The van der Waals surface area contributed by atoms with Crippen LogP contribution in [0.1, 0.15) is 17.2 Å². The van der Waals surface area contributed by atoms with Gasteiger partial charge in [0.25, 0.3) is 0 Å². The number of hydrogen-bond acceptors (Lipinski definition) is 4. The second-order valence-electron chi connectivity index (χ2n) is 3.15. The molecule has 1 unspecified atom stereocenters. The molecule has 0 amide bonds. The third kappa shape index (κ3) is 1.64. The molecule has 1 aromatic carbocycles. The molecule has 0 saturated heterocycles. The summed E-state index contributed by atoms with van der Waals surface area (Å²) in [6, 6.07) is 3.03. The van der Waals surface area contributed by atoms with E-state index in [2.05, 4.69) is 5.32 Å². The monoisotopic (exact) mass is 217 g/mol. The summed E-state index contributed by atoms with van der Waals surface area (Å²) in [6.07, 6.45) is -0.602. The Morgan fingerprint density at radius 1 is 1.29 bits per heavy atom. The normalized spacial score (nSPS) is 19.6. The van der Waals surface area contributed by atoms with Crippen molar-refractivity contribution >= 4 is 12.4 Å². The lowest BCUT2D eigenvalue weighted by molar-refractivity contribution is 0.164. The summed E-state index contributed by atoms with van der Waals surface area (Å²) in [5, 5.41) is 31.1. The molecule has 1 aliphatic rings. The van der Waals surface area contributed by atoms with Gasteiger partial charge in [0.1, 0.15) is 0 Å². The van der Waals surface area contributed by atoms with Gasteiger partial charge in [-0.3, -0.25) is 0 Å². The number of phenolic OH excluding ortho intramolecular Hbond substituents is 2. The Kier molecular flexibility index (Phi) is 3.21. The van der Waals surface area contributed by atoms with Crippen molar-refractivity contribution in [3.05, 3.63) is 23.3 Å². The van der Waals surface area contributed by atoms with Gasteiger partial charge in [-0.25, -0.2) is 0 Å². The first kappa shape index (κ1) is 11.1. The fourth-order valence-corrected chi connectivity index (χ4v) is 1.58. The van der Waals surface area contributed by atoms with Gasteiger partial charge in [0.2, 0.25) is 0 Å². The van der Waals surface area contributed by atoms with Crippen LogP contribution < -0.4 is 5.32 Å². The molecule has 14 heavy (non-hydrogen) atoms. The Morgan fingerprint density at radius 3 is 2.71 bits per heavy atom. The molecule has 1 aliphatic heterocycles. The first-order chi connectivity index (χ1) is 6.20. The van der Waals surface area contributed by atoms with Crippen LogP contribution in [0.4, 0.5) is 0 Å². The SMILES string of the molecule is Cl.Oc1ccc2c(c1O)CNCC2O. The van der Waals surface area contributed by atoms with E-state index in [1.165, 1.54) is 6.07 Å². The Hall–Kier alpha value is -0.970. The number of aliphatic hydroxyl groups excluding tert-OH is 1. The molecule has 1 heterocycles. The largest absolute Gasteiger partial charge is 0.504 e. The van der Waals surface area contributed by atoms with Crippen molar-refractivity contribution in [1.82, 2.24) is 5.32 Å². The molecule has 0 fully saturated rings. The maximum atomic E-state index is 9.52. The van der Waals surface area contributed by atoms with E-state index in [0.29, 0.717) is 24.2 Å². The number of halogens is 1. The fourth-order valence-electron chi connectivity index (χ4n) is 1.58. The quantitative estimate of drug-likeness (QED) is 0.482. The Morgan fingerprint density at radius 2 is 2.00 bits per heavy atom. The van der Waals surface area contributed by atoms with Crippen LogP contribution in [0, 0.1) is 0 Å². The summed E-state index contributed by atoms with van der Waals surface area (Å²) in [7, 11) is 0. The zero-order valence-electron chi connectivity index (χ0n) is 7.40. The molecule has 0 aromatic heterocycles. The molecule has 2 rings (SSSR count).